The van der Waals surface area contributed by atoms with Gasteiger partial charge in [-0.05, 0) is 50.0 Å². The molecule has 114 valence electrons. The van der Waals surface area contributed by atoms with Crippen LogP contribution in [0.25, 0.3) is 0 Å². The molecule has 1 N–H and O–H groups in total. The van der Waals surface area contributed by atoms with Gasteiger partial charge in [-0.1, -0.05) is 19.3 Å². The number of ketones is 1. The second kappa shape index (κ2) is 5.98. The number of thioether (sulfide) groups is 1. The average molecular weight is 298 g/mol. The van der Waals surface area contributed by atoms with E-state index in [1.54, 1.807) is 0 Å². The zero-order valence-corrected chi connectivity index (χ0v) is 13.1. The van der Waals surface area contributed by atoms with E-state index in [1.807, 2.05) is 11.8 Å². The summed E-state index contributed by atoms with van der Waals surface area (Å²) < 4.78 is 6.06. The third-order valence-electron chi connectivity index (χ3n) is 5.41. The summed E-state index contributed by atoms with van der Waals surface area (Å²) in [5, 5.41) is 10.7. The van der Waals surface area contributed by atoms with E-state index in [9.17, 15) is 9.90 Å². The zero-order chi connectivity index (χ0) is 14.1. The van der Waals surface area contributed by atoms with Crippen LogP contribution in [0.2, 0.25) is 0 Å². The molecule has 3 aliphatic rings. The maximum absolute atomic E-state index is 12.8. The van der Waals surface area contributed by atoms with Crippen molar-refractivity contribution in [1.29, 1.82) is 0 Å². The molecule has 3 fully saturated rings. The lowest BCUT2D eigenvalue weighted by molar-refractivity contribution is -0.157. The van der Waals surface area contributed by atoms with E-state index in [4.69, 9.17) is 4.74 Å². The SMILES string of the molecule is O=C(C1CCOC2(CCSCC2)C1)C1(O)CCCCC1. The molecule has 2 saturated heterocycles. The number of aliphatic hydroxyl groups is 1. The highest BCUT2D eigenvalue weighted by Gasteiger charge is 2.46. The van der Waals surface area contributed by atoms with Crippen LogP contribution in [0, 0.1) is 5.92 Å². The summed E-state index contributed by atoms with van der Waals surface area (Å²) in [5.41, 5.74) is -1.08. The summed E-state index contributed by atoms with van der Waals surface area (Å²) in [6.45, 7) is 0.692. The normalized spacial score (nSPS) is 33.0. The lowest BCUT2D eigenvalue weighted by Gasteiger charge is -2.44. The zero-order valence-electron chi connectivity index (χ0n) is 12.2. The largest absolute Gasteiger partial charge is 0.382 e. The van der Waals surface area contributed by atoms with Crippen molar-refractivity contribution in [2.45, 2.75) is 69.0 Å². The van der Waals surface area contributed by atoms with Crippen LogP contribution in [0.3, 0.4) is 0 Å². The fourth-order valence-corrected chi connectivity index (χ4v) is 5.34. The minimum atomic E-state index is -1.02. The van der Waals surface area contributed by atoms with Crippen LogP contribution in [0.4, 0.5) is 0 Å². The van der Waals surface area contributed by atoms with Gasteiger partial charge in [-0.3, -0.25) is 4.79 Å². The quantitative estimate of drug-likeness (QED) is 0.851. The van der Waals surface area contributed by atoms with E-state index in [2.05, 4.69) is 0 Å². The van der Waals surface area contributed by atoms with Crippen molar-refractivity contribution in [3.8, 4) is 0 Å². The number of rotatable bonds is 2. The summed E-state index contributed by atoms with van der Waals surface area (Å²) in [5.74, 6) is 2.43. The highest BCUT2D eigenvalue weighted by atomic mass is 32.2. The van der Waals surface area contributed by atoms with Gasteiger partial charge < -0.3 is 9.84 Å². The number of hydrogen-bond donors (Lipinski definition) is 1. The molecule has 0 aromatic heterocycles. The maximum atomic E-state index is 12.8. The molecule has 3 nitrogen and oxygen atoms in total. The smallest absolute Gasteiger partial charge is 0.167 e. The molecule has 1 atom stereocenters. The molecular weight excluding hydrogens is 272 g/mol. The second-order valence-electron chi connectivity index (χ2n) is 6.79. The molecule has 20 heavy (non-hydrogen) atoms. The number of hydrogen-bond acceptors (Lipinski definition) is 4. The first-order valence-electron chi connectivity index (χ1n) is 8.12. The summed E-state index contributed by atoms with van der Waals surface area (Å²) in [6, 6.07) is 0. The molecule has 0 amide bonds. The molecule has 2 aliphatic heterocycles. The Morgan fingerprint density at radius 1 is 1.10 bits per heavy atom. The van der Waals surface area contributed by atoms with Gasteiger partial charge in [0, 0.05) is 12.5 Å². The van der Waals surface area contributed by atoms with Gasteiger partial charge in [-0.25, -0.2) is 0 Å². The van der Waals surface area contributed by atoms with Gasteiger partial charge in [0.15, 0.2) is 5.78 Å². The van der Waals surface area contributed by atoms with Gasteiger partial charge in [0.1, 0.15) is 5.60 Å². The van der Waals surface area contributed by atoms with Crippen molar-refractivity contribution >= 4 is 17.5 Å². The highest BCUT2D eigenvalue weighted by molar-refractivity contribution is 7.99. The lowest BCUT2D eigenvalue weighted by atomic mass is 9.72. The van der Waals surface area contributed by atoms with Crippen LogP contribution in [0.5, 0.6) is 0 Å². The van der Waals surface area contributed by atoms with E-state index in [-0.39, 0.29) is 17.3 Å². The summed E-state index contributed by atoms with van der Waals surface area (Å²) in [6.07, 6.45) is 8.27. The molecule has 1 spiro atoms. The Kier molecular flexibility index (Phi) is 4.44. The molecule has 1 unspecified atom stereocenters. The minimum absolute atomic E-state index is 0.0231. The third-order valence-corrected chi connectivity index (χ3v) is 6.39. The first-order valence-corrected chi connectivity index (χ1v) is 9.28. The summed E-state index contributed by atoms with van der Waals surface area (Å²) in [4.78, 5) is 12.8. The number of carbonyl (C=O) groups is 1. The number of ether oxygens (including phenoxy) is 1. The topological polar surface area (TPSA) is 46.5 Å². The van der Waals surface area contributed by atoms with Crippen LogP contribution in [0.1, 0.15) is 57.8 Å². The fraction of sp³-hybridized carbons (Fsp3) is 0.938. The second-order valence-corrected chi connectivity index (χ2v) is 8.01. The van der Waals surface area contributed by atoms with Gasteiger partial charge in [0.25, 0.3) is 0 Å². The summed E-state index contributed by atoms with van der Waals surface area (Å²) in [7, 11) is 0. The van der Waals surface area contributed by atoms with Crippen molar-refractivity contribution in [3.05, 3.63) is 0 Å². The average Bonchev–Trinajstić information content (AvgIpc) is 2.48. The number of Topliss-reactive ketones (excluding diaryl/α,β-unsaturated/α-hetero) is 1. The maximum Gasteiger partial charge on any atom is 0.167 e. The standard InChI is InChI=1S/C16H26O3S/c17-14(16(18)5-2-1-3-6-16)13-4-9-19-15(12-13)7-10-20-11-8-15/h13,18H,1-12H2. The van der Waals surface area contributed by atoms with Gasteiger partial charge in [0.05, 0.1) is 5.60 Å². The molecular formula is C16H26O3S. The van der Waals surface area contributed by atoms with Crippen molar-refractivity contribution in [2.75, 3.05) is 18.1 Å². The molecule has 0 bridgehead atoms. The first-order chi connectivity index (χ1) is 9.64. The van der Waals surface area contributed by atoms with E-state index >= 15 is 0 Å². The summed E-state index contributed by atoms with van der Waals surface area (Å²) >= 11 is 1.99. The third kappa shape index (κ3) is 2.93. The van der Waals surface area contributed by atoms with Crippen molar-refractivity contribution in [3.63, 3.8) is 0 Å². The lowest BCUT2D eigenvalue weighted by Crippen LogP contribution is -2.50. The van der Waals surface area contributed by atoms with Gasteiger partial charge in [0.2, 0.25) is 0 Å². The predicted octanol–water partition coefficient (Wildman–Crippen LogP) is 2.94. The molecule has 1 aliphatic carbocycles. The molecule has 0 aromatic rings. The van der Waals surface area contributed by atoms with Crippen molar-refractivity contribution in [1.82, 2.24) is 0 Å². The van der Waals surface area contributed by atoms with Crippen LogP contribution < -0.4 is 0 Å². The van der Waals surface area contributed by atoms with Crippen LogP contribution in [-0.2, 0) is 9.53 Å². The Balaban J connectivity index is 1.68. The van der Waals surface area contributed by atoms with Gasteiger partial charge in [-0.2, -0.15) is 11.8 Å². The Bertz CT molecular complexity index is 351. The molecule has 0 aromatic carbocycles. The van der Waals surface area contributed by atoms with Gasteiger partial charge in [-0.15, -0.1) is 0 Å². The van der Waals surface area contributed by atoms with E-state index < -0.39 is 5.60 Å². The van der Waals surface area contributed by atoms with Crippen LogP contribution >= 0.6 is 11.8 Å². The molecule has 1 saturated carbocycles. The van der Waals surface area contributed by atoms with Gasteiger partial charge >= 0.3 is 0 Å². The van der Waals surface area contributed by atoms with Crippen LogP contribution in [0.15, 0.2) is 0 Å². The van der Waals surface area contributed by atoms with E-state index in [0.29, 0.717) is 19.4 Å². The first kappa shape index (κ1) is 14.9. The Hall–Kier alpha value is -0.0600. The Morgan fingerprint density at radius 2 is 1.80 bits per heavy atom. The monoisotopic (exact) mass is 298 g/mol. The van der Waals surface area contributed by atoms with E-state index in [0.717, 1.165) is 56.5 Å². The van der Waals surface area contributed by atoms with Crippen molar-refractivity contribution < 1.29 is 14.6 Å². The predicted molar refractivity (Wildman–Crippen MR) is 81.0 cm³/mol. The van der Waals surface area contributed by atoms with E-state index in [1.165, 1.54) is 0 Å². The van der Waals surface area contributed by atoms with Crippen molar-refractivity contribution in [2.24, 2.45) is 5.92 Å². The molecule has 4 heteroatoms. The van der Waals surface area contributed by atoms with Crippen LogP contribution in [-0.4, -0.2) is 40.2 Å². The Morgan fingerprint density at radius 3 is 2.50 bits per heavy atom. The Labute approximate surface area is 125 Å². The minimum Gasteiger partial charge on any atom is -0.382 e. The molecule has 3 rings (SSSR count). The fourth-order valence-electron chi connectivity index (χ4n) is 4.11. The highest BCUT2D eigenvalue weighted by Crippen LogP contribution is 2.42. The molecule has 2 heterocycles. The molecule has 0 radical (unpaired) electrons. The number of carbonyl (C=O) groups excluding carboxylic acids is 1.